The van der Waals surface area contributed by atoms with Crippen LogP contribution in [0.25, 0.3) is 0 Å². The maximum atomic E-state index is 12.2. The lowest BCUT2D eigenvalue weighted by Gasteiger charge is -2.17. The van der Waals surface area contributed by atoms with Crippen molar-refractivity contribution in [3.05, 3.63) is 35.9 Å². The van der Waals surface area contributed by atoms with Crippen molar-refractivity contribution in [2.45, 2.75) is 45.6 Å². The average Bonchev–Trinajstić information content (AvgIpc) is 2.50. The third kappa shape index (κ3) is 5.55. The first-order chi connectivity index (χ1) is 10.5. The third-order valence-electron chi connectivity index (χ3n) is 3.02. The van der Waals surface area contributed by atoms with Crippen LogP contribution in [0.3, 0.4) is 0 Å². The van der Waals surface area contributed by atoms with Crippen LogP contribution < -0.4 is 16.2 Å². The molecule has 1 atom stereocenters. The molecule has 1 aromatic carbocycles. The molecule has 0 bridgehead atoms. The van der Waals surface area contributed by atoms with Crippen LogP contribution in [-0.2, 0) is 14.4 Å². The van der Waals surface area contributed by atoms with E-state index >= 15 is 0 Å². The molecule has 0 aliphatic carbocycles. The van der Waals surface area contributed by atoms with Crippen LogP contribution in [0.5, 0.6) is 0 Å². The number of hydrazine groups is 1. The molecule has 0 saturated carbocycles. The molecule has 3 N–H and O–H groups in total. The topological polar surface area (TPSA) is 87.3 Å². The lowest BCUT2D eigenvalue weighted by Crippen LogP contribution is -2.50. The van der Waals surface area contributed by atoms with Crippen molar-refractivity contribution in [1.82, 2.24) is 16.2 Å². The van der Waals surface area contributed by atoms with E-state index in [4.69, 9.17) is 0 Å². The van der Waals surface area contributed by atoms with Gasteiger partial charge in [0.1, 0.15) is 0 Å². The molecule has 0 fully saturated rings. The number of amides is 3. The van der Waals surface area contributed by atoms with Crippen molar-refractivity contribution in [3.63, 3.8) is 0 Å². The zero-order chi connectivity index (χ0) is 16.5. The lowest BCUT2D eigenvalue weighted by atomic mass is 9.94. The summed E-state index contributed by atoms with van der Waals surface area (Å²) in [6.07, 6.45) is 1.48. The second-order valence-electron chi connectivity index (χ2n) is 5.32. The molecule has 0 unspecified atom stereocenters. The van der Waals surface area contributed by atoms with Gasteiger partial charge < -0.3 is 5.32 Å². The van der Waals surface area contributed by atoms with Crippen molar-refractivity contribution in [1.29, 1.82) is 0 Å². The van der Waals surface area contributed by atoms with Crippen molar-refractivity contribution < 1.29 is 14.4 Å². The van der Waals surface area contributed by atoms with Crippen molar-refractivity contribution in [2.24, 2.45) is 0 Å². The summed E-state index contributed by atoms with van der Waals surface area (Å²) < 4.78 is 0. The minimum Gasteiger partial charge on any atom is -0.346 e. The number of carbonyl (C=O) groups excluding carboxylic acids is 3. The highest BCUT2D eigenvalue weighted by molar-refractivity contribution is 6.35. The number of hydrogen-bond acceptors (Lipinski definition) is 3. The molecule has 0 heterocycles. The Morgan fingerprint density at radius 1 is 1.00 bits per heavy atom. The van der Waals surface area contributed by atoms with Gasteiger partial charge in [0.15, 0.2) is 0 Å². The van der Waals surface area contributed by atoms with E-state index in [9.17, 15) is 14.4 Å². The van der Waals surface area contributed by atoms with E-state index in [0.29, 0.717) is 6.42 Å². The highest BCUT2D eigenvalue weighted by Gasteiger charge is 2.21. The Balaban J connectivity index is 2.61. The lowest BCUT2D eigenvalue weighted by molar-refractivity contribution is -0.141. The fourth-order valence-electron chi connectivity index (χ4n) is 2.01. The Morgan fingerprint density at radius 2 is 1.64 bits per heavy atom. The number of benzene rings is 1. The SMILES string of the molecule is CCC[C@@H](C(=O)NNC(=O)C(=O)NC(C)C)c1ccccc1. The molecule has 1 aromatic rings. The Morgan fingerprint density at radius 3 is 2.18 bits per heavy atom. The largest absolute Gasteiger partial charge is 0.346 e. The fourth-order valence-corrected chi connectivity index (χ4v) is 2.01. The van der Waals surface area contributed by atoms with Crippen LogP contribution in [0, 0.1) is 0 Å². The average molecular weight is 305 g/mol. The van der Waals surface area contributed by atoms with Crippen molar-refractivity contribution in [3.8, 4) is 0 Å². The maximum absolute atomic E-state index is 12.2. The molecule has 1 rings (SSSR count). The molecule has 0 saturated heterocycles. The van der Waals surface area contributed by atoms with E-state index in [2.05, 4.69) is 16.2 Å². The van der Waals surface area contributed by atoms with Gasteiger partial charge in [0.05, 0.1) is 5.92 Å². The van der Waals surface area contributed by atoms with Crippen LogP contribution >= 0.6 is 0 Å². The second-order valence-corrected chi connectivity index (χ2v) is 5.32. The molecule has 3 amide bonds. The normalized spacial score (nSPS) is 11.6. The van der Waals surface area contributed by atoms with Gasteiger partial charge in [-0.15, -0.1) is 0 Å². The van der Waals surface area contributed by atoms with E-state index in [-0.39, 0.29) is 17.9 Å². The van der Waals surface area contributed by atoms with Gasteiger partial charge in [-0.1, -0.05) is 43.7 Å². The fraction of sp³-hybridized carbons (Fsp3) is 0.438. The Bertz CT molecular complexity index is 515. The quantitative estimate of drug-likeness (QED) is 0.565. The van der Waals surface area contributed by atoms with E-state index in [1.165, 1.54) is 0 Å². The highest BCUT2D eigenvalue weighted by atomic mass is 16.2. The van der Waals surface area contributed by atoms with E-state index in [1.54, 1.807) is 13.8 Å². The van der Waals surface area contributed by atoms with E-state index in [0.717, 1.165) is 12.0 Å². The molecular weight excluding hydrogens is 282 g/mol. The predicted octanol–water partition coefficient (Wildman–Crippen LogP) is 1.24. The van der Waals surface area contributed by atoms with E-state index in [1.807, 2.05) is 37.3 Å². The van der Waals surface area contributed by atoms with Crippen molar-refractivity contribution in [2.75, 3.05) is 0 Å². The first kappa shape index (κ1) is 17.7. The molecule has 0 aromatic heterocycles. The monoisotopic (exact) mass is 305 g/mol. The molecular formula is C16H23N3O3. The van der Waals surface area contributed by atoms with Gasteiger partial charge in [-0.05, 0) is 25.8 Å². The predicted molar refractivity (Wildman–Crippen MR) is 83.7 cm³/mol. The molecule has 0 aliphatic rings. The van der Waals surface area contributed by atoms with Crippen LogP contribution in [0.1, 0.15) is 45.1 Å². The van der Waals surface area contributed by atoms with Gasteiger partial charge in [-0.3, -0.25) is 25.2 Å². The summed E-state index contributed by atoms with van der Waals surface area (Å²) in [4.78, 5) is 35.2. The van der Waals surface area contributed by atoms with E-state index < -0.39 is 11.8 Å². The highest BCUT2D eigenvalue weighted by Crippen LogP contribution is 2.20. The second kappa shape index (κ2) is 8.81. The molecule has 0 radical (unpaired) electrons. The standard InChI is InChI=1S/C16H23N3O3/c1-4-8-13(12-9-6-5-7-10-12)14(20)18-19-16(22)15(21)17-11(2)3/h5-7,9-11,13H,4,8H2,1-3H3,(H,17,21)(H,18,20)(H,19,22)/t13-/m1/s1. The third-order valence-corrected chi connectivity index (χ3v) is 3.02. The molecule has 0 spiro atoms. The maximum Gasteiger partial charge on any atom is 0.327 e. The summed E-state index contributed by atoms with van der Waals surface area (Å²) in [7, 11) is 0. The van der Waals surface area contributed by atoms with Gasteiger partial charge in [-0.2, -0.15) is 0 Å². The van der Waals surface area contributed by atoms with Crippen LogP contribution in [0.15, 0.2) is 30.3 Å². The number of rotatable bonds is 5. The van der Waals surface area contributed by atoms with Gasteiger partial charge in [0.2, 0.25) is 5.91 Å². The first-order valence-electron chi connectivity index (χ1n) is 7.41. The smallest absolute Gasteiger partial charge is 0.327 e. The summed E-state index contributed by atoms with van der Waals surface area (Å²) in [5.41, 5.74) is 5.34. The van der Waals surface area contributed by atoms with Gasteiger partial charge >= 0.3 is 11.8 Å². The Kier molecular flexibility index (Phi) is 7.08. The molecule has 22 heavy (non-hydrogen) atoms. The van der Waals surface area contributed by atoms with Gasteiger partial charge in [0.25, 0.3) is 0 Å². The van der Waals surface area contributed by atoms with Crippen LogP contribution in [0.4, 0.5) is 0 Å². The minimum atomic E-state index is -0.884. The number of carbonyl (C=O) groups is 3. The zero-order valence-electron chi connectivity index (χ0n) is 13.2. The number of hydrogen-bond donors (Lipinski definition) is 3. The summed E-state index contributed by atoms with van der Waals surface area (Å²) in [5.74, 6) is -2.36. The zero-order valence-corrected chi connectivity index (χ0v) is 13.2. The first-order valence-corrected chi connectivity index (χ1v) is 7.41. The summed E-state index contributed by atoms with van der Waals surface area (Å²) in [6.45, 7) is 5.48. The summed E-state index contributed by atoms with van der Waals surface area (Å²) in [5, 5.41) is 2.45. The van der Waals surface area contributed by atoms with Gasteiger partial charge in [0, 0.05) is 6.04 Å². The molecule has 120 valence electrons. The molecule has 0 aliphatic heterocycles. The van der Waals surface area contributed by atoms with Crippen LogP contribution in [-0.4, -0.2) is 23.8 Å². The summed E-state index contributed by atoms with van der Waals surface area (Å²) in [6, 6.07) is 9.19. The molecule has 6 heteroatoms. The van der Waals surface area contributed by atoms with Gasteiger partial charge in [-0.25, -0.2) is 0 Å². The summed E-state index contributed by atoms with van der Waals surface area (Å²) >= 11 is 0. The Labute approximate surface area is 130 Å². The van der Waals surface area contributed by atoms with Crippen molar-refractivity contribution >= 4 is 17.7 Å². The minimum absolute atomic E-state index is 0.147. The number of nitrogens with one attached hydrogen (secondary N) is 3. The van der Waals surface area contributed by atoms with Crippen LogP contribution in [0.2, 0.25) is 0 Å². The molecule has 6 nitrogen and oxygen atoms in total. The Hall–Kier alpha value is -2.37.